The van der Waals surface area contributed by atoms with E-state index in [1.54, 1.807) is 7.11 Å². The molecule has 0 aliphatic rings. The highest BCUT2D eigenvalue weighted by molar-refractivity contribution is 6.03. The van der Waals surface area contributed by atoms with Gasteiger partial charge >= 0.3 is 0 Å². The van der Waals surface area contributed by atoms with Gasteiger partial charge in [-0.1, -0.05) is 42.5 Å². The number of rotatable bonds is 8. The molecule has 0 atom stereocenters. The SMILES string of the molecule is COc1cccc(-c2cnc(NC(=O)c3cnc(N)c(OCc4ccccc4)n3)c(OC)n2)c1. The van der Waals surface area contributed by atoms with Crippen molar-refractivity contribution in [1.82, 2.24) is 19.9 Å². The Morgan fingerprint density at radius 3 is 2.53 bits per heavy atom. The lowest BCUT2D eigenvalue weighted by atomic mass is 10.1. The van der Waals surface area contributed by atoms with Gasteiger partial charge in [0.05, 0.1) is 32.3 Å². The second-order valence-electron chi connectivity index (χ2n) is 7.02. The third kappa shape index (κ3) is 5.18. The molecule has 2 heterocycles. The topological polar surface area (TPSA) is 134 Å². The summed E-state index contributed by atoms with van der Waals surface area (Å²) in [5, 5.41) is 2.64. The molecular weight excluding hydrogens is 436 g/mol. The number of hydrogen-bond acceptors (Lipinski definition) is 9. The van der Waals surface area contributed by atoms with Gasteiger partial charge in [0, 0.05) is 5.56 Å². The van der Waals surface area contributed by atoms with Crippen molar-refractivity contribution in [2.75, 3.05) is 25.3 Å². The molecule has 10 heteroatoms. The molecule has 0 spiro atoms. The van der Waals surface area contributed by atoms with Crippen molar-refractivity contribution in [3.63, 3.8) is 0 Å². The number of nitrogen functional groups attached to an aromatic ring is 1. The van der Waals surface area contributed by atoms with Gasteiger partial charge in [-0.2, -0.15) is 0 Å². The molecule has 0 saturated carbocycles. The monoisotopic (exact) mass is 458 g/mol. The minimum atomic E-state index is -0.571. The molecule has 2 aromatic carbocycles. The summed E-state index contributed by atoms with van der Waals surface area (Å²) in [7, 11) is 3.02. The molecule has 10 nitrogen and oxygen atoms in total. The van der Waals surface area contributed by atoms with Gasteiger partial charge in [-0.15, -0.1) is 0 Å². The van der Waals surface area contributed by atoms with E-state index in [1.807, 2.05) is 54.6 Å². The zero-order valence-corrected chi connectivity index (χ0v) is 18.6. The third-order valence-corrected chi connectivity index (χ3v) is 4.75. The van der Waals surface area contributed by atoms with E-state index in [0.717, 1.165) is 11.1 Å². The number of anilines is 2. The fourth-order valence-electron chi connectivity index (χ4n) is 3.02. The first-order valence-corrected chi connectivity index (χ1v) is 10.2. The highest BCUT2D eigenvalue weighted by Crippen LogP contribution is 2.27. The van der Waals surface area contributed by atoms with E-state index in [9.17, 15) is 4.79 Å². The van der Waals surface area contributed by atoms with E-state index in [2.05, 4.69) is 25.3 Å². The van der Waals surface area contributed by atoms with Gasteiger partial charge < -0.3 is 25.3 Å². The first-order valence-electron chi connectivity index (χ1n) is 10.2. The molecule has 0 saturated heterocycles. The first kappa shape index (κ1) is 22.5. The van der Waals surface area contributed by atoms with Gasteiger partial charge in [-0.05, 0) is 17.7 Å². The van der Waals surface area contributed by atoms with Gasteiger partial charge in [-0.3, -0.25) is 4.79 Å². The smallest absolute Gasteiger partial charge is 0.277 e. The largest absolute Gasteiger partial charge is 0.497 e. The van der Waals surface area contributed by atoms with Crippen LogP contribution >= 0.6 is 0 Å². The highest BCUT2D eigenvalue weighted by atomic mass is 16.5. The number of nitrogens with one attached hydrogen (secondary N) is 1. The highest BCUT2D eigenvalue weighted by Gasteiger charge is 2.17. The van der Waals surface area contributed by atoms with E-state index in [-0.39, 0.29) is 35.7 Å². The normalized spacial score (nSPS) is 10.4. The van der Waals surface area contributed by atoms with Crippen molar-refractivity contribution in [2.45, 2.75) is 6.61 Å². The second-order valence-corrected chi connectivity index (χ2v) is 7.02. The Labute approximate surface area is 195 Å². The van der Waals surface area contributed by atoms with Crippen LogP contribution in [0.1, 0.15) is 16.1 Å². The number of carbonyl (C=O) groups is 1. The number of nitrogens with zero attached hydrogens (tertiary/aromatic N) is 4. The molecule has 2 aromatic heterocycles. The summed E-state index contributed by atoms with van der Waals surface area (Å²) in [6.45, 7) is 0.232. The molecule has 34 heavy (non-hydrogen) atoms. The molecule has 0 fully saturated rings. The fraction of sp³-hybridized carbons (Fsp3) is 0.125. The summed E-state index contributed by atoms with van der Waals surface area (Å²) < 4.78 is 16.2. The molecule has 1 amide bonds. The molecular formula is C24H22N6O4. The first-order chi connectivity index (χ1) is 16.6. The van der Waals surface area contributed by atoms with Crippen molar-refractivity contribution in [2.24, 2.45) is 0 Å². The van der Waals surface area contributed by atoms with Crippen LogP contribution in [0.4, 0.5) is 11.6 Å². The standard InChI is InChI=1S/C24H22N6O4/c1-32-17-10-6-9-16(11-17)18-12-27-21(24(28-18)33-2)30-22(31)19-13-26-20(25)23(29-19)34-14-15-7-4-3-5-8-15/h3-13H,14H2,1-2H3,(H2,25,26)(H,27,30,31). The van der Waals surface area contributed by atoms with E-state index in [4.69, 9.17) is 19.9 Å². The van der Waals surface area contributed by atoms with Crippen LogP contribution < -0.4 is 25.3 Å². The Bertz CT molecular complexity index is 1300. The van der Waals surface area contributed by atoms with Gasteiger partial charge in [0.15, 0.2) is 17.3 Å². The Balaban J connectivity index is 1.51. The maximum absolute atomic E-state index is 12.8. The number of carbonyl (C=O) groups excluding carboxylic acids is 1. The number of methoxy groups -OCH3 is 2. The van der Waals surface area contributed by atoms with E-state index >= 15 is 0 Å². The molecule has 3 N–H and O–H groups in total. The van der Waals surface area contributed by atoms with Gasteiger partial charge in [-0.25, -0.2) is 19.9 Å². The van der Waals surface area contributed by atoms with Crippen LogP contribution in [-0.4, -0.2) is 40.1 Å². The van der Waals surface area contributed by atoms with E-state index in [0.29, 0.717) is 11.4 Å². The molecule has 0 radical (unpaired) electrons. The Morgan fingerprint density at radius 2 is 1.76 bits per heavy atom. The van der Waals surface area contributed by atoms with Crippen molar-refractivity contribution >= 4 is 17.5 Å². The van der Waals surface area contributed by atoms with Crippen LogP contribution in [0.2, 0.25) is 0 Å². The number of benzene rings is 2. The van der Waals surface area contributed by atoms with E-state index < -0.39 is 5.91 Å². The second kappa shape index (κ2) is 10.3. The van der Waals surface area contributed by atoms with Crippen LogP contribution in [-0.2, 0) is 6.61 Å². The summed E-state index contributed by atoms with van der Waals surface area (Å²) in [6.07, 6.45) is 2.78. The average molecular weight is 458 g/mol. The molecule has 172 valence electrons. The van der Waals surface area contributed by atoms with Crippen LogP contribution in [0.5, 0.6) is 17.5 Å². The summed E-state index contributed by atoms with van der Waals surface area (Å²) in [5.74, 6) is 0.513. The maximum Gasteiger partial charge on any atom is 0.277 e. The summed E-state index contributed by atoms with van der Waals surface area (Å²) in [4.78, 5) is 29.8. The molecule has 0 aliphatic heterocycles. The number of aromatic nitrogens is 4. The minimum Gasteiger partial charge on any atom is -0.497 e. The van der Waals surface area contributed by atoms with Crippen LogP contribution in [0.3, 0.4) is 0 Å². The average Bonchev–Trinajstić information content (AvgIpc) is 2.89. The van der Waals surface area contributed by atoms with Crippen LogP contribution in [0.15, 0.2) is 67.0 Å². The zero-order valence-electron chi connectivity index (χ0n) is 18.6. The van der Waals surface area contributed by atoms with Crippen molar-refractivity contribution < 1.29 is 19.0 Å². The lowest BCUT2D eigenvalue weighted by Gasteiger charge is -2.11. The zero-order chi connectivity index (χ0) is 23.9. The third-order valence-electron chi connectivity index (χ3n) is 4.75. The molecule has 4 rings (SSSR count). The molecule has 0 bridgehead atoms. The summed E-state index contributed by atoms with van der Waals surface area (Å²) in [6, 6.07) is 16.9. The maximum atomic E-state index is 12.8. The number of nitrogens with two attached hydrogens (primary N) is 1. The van der Waals surface area contributed by atoms with Gasteiger partial charge in [0.1, 0.15) is 12.4 Å². The molecule has 4 aromatic rings. The predicted octanol–water partition coefficient (Wildman–Crippen LogP) is 3.36. The number of hydrogen-bond donors (Lipinski definition) is 2. The van der Waals surface area contributed by atoms with E-state index in [1.165, 1.54) is 19.5 Å². The quantitative estimate of drug-likeness (QED) is 0.407. The number of ether oxygens (including phenoxy) is 3. The number of amides is 1. The molecule has 0 unspecified atom stereocenters. The van der Waals surface area contributed by atoms with Gasteiger partial charge in [0.25, 0.3) is 17.7 Å². The predicted molar refractivity (Wildman–Crippen MR) is 126 cm³/mol. The summed E-state index contributed by atoms with van der Waals surface area (Å²) in [5.41, 5.74) is 8.12. The summed E-state index contributed by atoms with van der Waals surface area (Å²) >= 11 is 0. The minimum absolute atomic E-state index is 0.00186. The lowest BCUT2D eigenvalue weighted by Crippen LogP contribution is -2.17. The Morgan fingerprint density at radius 1 is 0.941 bits per heavy atom. The Hall–Kier alpha value is -4.73. The fourth-order valence-corrected chi connectivity index (χ4v) is 3.02. The lowest BCUT2D eigenvalue weighted by molar-refractivity contribution is 0.101. The van der Waals surface area contributed by atoms with Crippen LogP contribution in [0, 0.1) is 0 Å². The molecule has 0 aliphatic carbocycles. The van der Waals surface area contributed by atoms with Crippen molar-refractivity contribution in [1.29, 1.82) is 0 Å². The Kier molecular flexibility index (Phi) is 6.78. The van der Waals surface area contributed by atoms with Gasteiger partial charge in [0.2, 0.25) is 0 Å². The van der Waals surface area contributed by atoms with Crippen molar-refractivity contribution in [3.05, 3.63) is 78.2 Å². The van der Waals surface area contributed by atoms with Crippen molar-refractivity contribution in [3.8, 4) is 28.8 Å². The van der Waals surface area contributed by atoms with Crippen LogP contribution in [0.25, 0.3) is 11.3 Å².